The fourth-order valence-electron chi connectivity index (χ4n) is 3.62. The van der Waals surface area contributed by atoms with Crippen molar-refractivity contribution in [2.45, 2.75) is 45.6 Å². The molecule has 0 aromatic rings. The van der Waals surface area contributed by atoms with Crippen LogP contribution in [-0.2, 0) is 9.59 Å². The van der Waals surface area contributed by atoms with E-state index in [1.54, 1.807) is 0 Å². The molecule has 0 spiro atoms. The third kappa shape index (κ3) is 7.29. The van der Waals surface area contributed by atoms with Gasteiger partial charge in [-0.1, -0.05) is 13.8 Å². The predicted molar refractivity (Wildman–Crippen MR) is 106 cm³/mol. The summed E-state index contributed by atoms with van der Waals surface area (Å²) < 4.78 is 0. The maximum Gasteiger partial charge on any atom is 0.225 e. The number of amides is 2. The van der Waals surface area contributed by atoms with Gasteiger partial charge in [0.05, 0.1) is 5.92 Å². The normalized spacial score (nSPS) is 23.3. The molecule has 2 fully saturated rings. The van der Waals surface area contributed by atoms with Gasteiger partial charge in [-0.2, -0.15) is 0 Å². The molecule has 6 nitrogen and oxygen atoms in total. The summed E-state index contributed by atoms with van der Waals surface area (Å²) in [5.74, 6) is -0.0136. The first-order valence-corrected chi connectivity index (χ1v) is 9.16. The smallest absolute Gasteiger partial charge is 0.225 e. The van der Waals surface area contributed by atoms with Gasteiger partial charge >= 0.3 is 0 Å². The predicted octanol–water partition coefficient (Wildman–Crippen LogP) is 1.28. The number of carbonyl (C=O) groups excluding carboxylic acids is 2. The van der Waals surface area contributed by atoms with E-state index in [1.165, 1.54) is 6.42 Å². The number of nitrogens with one attached hydrogen (secondary N) is 2. The molecule has 0 saturated carbocycles. The summed E-state index contributed by atoms with van der Waals surface area (Å²) >= 11 is 0. The van der Waals surface area contributed by atoms with Crippen LogP contribution in [0.25, 0.3) is 0 Å². The quantitative estimate of drug-likeness (QED) is 0.576. The van der Waals surface area contributed by atoms with Gasteiger partial charge in [0.25, 0.3) is 0 Å². The summed E-state index contributed by atoms with van der Waals surface area (Å²) in [4.78, 5) is 28.7. The Bertz CT molecular complexity index is 412. The van der Waals surface area contributed by atoms with Crippen molar-refractivity contribution >= 4 is 36.6 Å². The minimum atomic E-state index is -0.176. The Morgan fingerprint density at radius 3 is 2.64 bits per heavy atom. The minimum absolute atomic E-state index is 0. The lowest BCUT2D eigenvalue weighted by Gasteiger charge is -2.27. The highest BCUT2D eigenvalue weighted by atomic mass is 35.5. The van der Waals surface area contributed by atoms with E-state index in [-0.39, 0.29) is 42.5 Å². The number of nitrogens with zero attached hydrogens (tertiary/aromatic N) is 2. The second-order valence-electron chi connectivity index (χ2n) is 6.67. The second kappa shape index (κ2) is 12.7. The number of likely N-dealkylation sites (N-methyl/N-ethyl adjacent to an activating group) is 1. The van der Waals surface area contributed by atoms with Gasteiger partial charge in [-0.15, -0.1) is 24.8 Å². The van der Waals surface area contributed by atoms with Crippen LogP contribution in [0.5, 0.6) is 0 Å². The molecule has 2 N–H and O–H groups in total. The lowest BCUT2D eigenvalue weighted by molar-refractivity contribution is -0.129. The summed E-state index contributed by atoms with van der Waals surface area (Å²) in [6.07, 6.45) is 3.84. The van der Waals surface area contributed by atoms with Gasteiger partial charge < -0.3 is 15.5 Å². The molecule has 0 bridgehead atoms. The summed E-state index contributed by atoms with van der Waals surface area (Å²) in [6.45, 7) is 10.2. The SMILES string of the molecule is CCCNCCNC(=O)C1CC(=O)N(CC2CCCN2CC)C1.Cl.Cl. The van der Waals surface area contributed by atoms with Crippen molar-refractivity contribution in [2.75, 3.05) is 45.8 Å². The number of carbonyl (C=O) groups is 2. The van der Waals surface area contributed by atoms with E-state index in [0.29, 0.717) is 25.6 Å². The van der Waals surface area contributed by atoms with Gasteiger partial charge in [0.1, 0.15) is 0 Å². The van der Waals surface area contributed by atoms with E-state index < -0.39 is 0 Å². The first kappa shape index (κ1) is 24.4. The lowest BCUT2D eigenvalue weighted by atomic mass is 10.1. The Hall–Kier alpha value is -0.560. The topological polar surface area (TPSA) is 64.7 Å². The van der Waals surface area contributed by atoms with Crippen molar-refractivity contribution in [3.05, 3.63) is 0 Å². The van der Waals surface area contributed by atoms with Crippen LogP contribution in [0.3, 0.4) is 0 Å². The summed E-state index contributed by atoms with van der Waals surface area (Å²) in [5.41, 5.74) is 0. The zero-order chi connectivity index (χ0) is 16.7. The molecule has 2 rings (SSSR count). The first-order valence-electron chi connectivity index (χ1n) is 9.16. The Morgan fingerprint density at radius 2 is 1.96 bits per heavy atom. The van der Waals surface area contributed by atoms with Crippen LogP contribution in [0.1, 0.15) is 39.5 Å². The molecule has 2 amide bonds. The monoisotopic (exact) mass is 396 g/mol. The van der Waals surface area contributed by atoms with Crippen molar-refractivity contribution < 1.29 is 9.59 Å². The van der Waals surface area contributed by atoms with Gasteiger partial charge in [0.15, 0.2) is 0 Å². The van der Waals surface area contributed by atoms with Crippen molar-refractivity contribution in [3.8, 4) is 0 Å². The van der Waals surface area contributed by atoms with E-state index in [2.05, 4.69) is 29.4 Å². The molecule has 0 aromatic carbocycles. The summed E-state index contributed by atoms with van der Waals surface area (Å²) in [7, 11) is 0. The lowest BCUT2D eigenvalue weighted by Crippen LogP contribution is -2.42. The van der Waals surface area contributed by atoms with Gasteiger partial charge in [-0.05, 0) is 38.9 Å². The maximum absolute atomic E-state index is 12.2. The number of hydrogen-bond acceptors (Lipinski definition) is 4. The Morgan fingerprint density at radius 1 is 1.20 bits per heavy atom. The van der Waals surface area contributed by atoms with Crippen LogP contribution >= 0.6 is 24.8 Å². The zero-order valence-corrected chi connectivity index (χ0v) is 17.1. The van der Waals surface area contributed by atoms with Crippen LogP contribution in [0.4, 0.5) is 0 Å². The highest BCUT2D eigenvalue weighted by Gasteiger charge is 2.36. The van der Waals surface area contributed by atoms with E-state index in [9.17, 15) is 9.59 Å². The molecule has 2 atom stereocenters. The van der Waals surface area contributed by atoms with E-state index in [4.69, 9.17) is 0 Å². The van der Waals surface area contributed by atoms with Crippen LogP contribution in [0.15, 0.2) is 0 Å². The third-order valence-corrected chi connectivity index (χ3v) is 4.95. The van der Waals surface area contributed by atoms with Crippen molar-refractivity contribution in [1.29, 1.82) is 0 Å². The fraction of sp³-hybridized carbons (Fsp3) is 0.882. The first-order chi connectivity index (χ1) is 11.2. The molecule has 0 aromatic heterocycles. The van der Waals surface area contributed by atoms with Crippen molar-refractivity contribution in [3.63, 3.8) is 0 Å². The third-order valence-electron chi connectivity index (χ3n) is 4.95. The molecule has 0 aliphatic carbocycles. The van der Waals surface area contributed by atoms with E-state index >= 15 is 0 Å². The molecular weight excluding hydrogens is 363 g/mol. The van der Waals surface area contributed by atoms with Gasteiger partial charge in [-0.3, -0.25) is 14.5 Å². The molecule has 2 saturated heterocycles. The fourth-order valence-corrected chi connectivity index (χ4v) is 3.62. The van der Waals surface area contributed by atoms with Gasteiger partial charge in [-0.25, -0.2) is 0 Å². The molecule has 2 aliphatic rings. The maximum atomic E-state index is 12.2. The molecule has 8 heteroatoms. The van der Waals surface area contributed by atoms with Crippen molar-refractivity contribution in [2.24, 2.45) is 5.92 Å². The standard InChI is InChI=1S/C17H32N4O2.2ClH/c1-3-7-18-8-9-19-17(23)14-11-16(22)21(12-14)13-15-6-5-10-20(15)4-2;;/h14-15,18H,3-13H2,1-2H3,(H,19,23);2*1H. The van der Waals surface area contributed by atoms with Crippen LogP contribution in [0, 0.1) is 5.92 Å². The number of rotatable bonds is 9. The molecule has 2 unspecified atom stereocenters. The highest BCUT2D eigenvalue weighted by molar-refractivity contribution is 5.89. The molecule has 0 radical (unpaired) electrons. The van der Waals surface area contributed by atoms with E-state index in [0.717, 1.165) is 45.6 Å². The van der Waals surface area contributed by atoms with Crippen LogP contribution in [-0.4, -0.2) is 73.5 Å². The molecule has 148 valence electrons. The highest BCUT2D eigenvalue weighted by Crippen LogP contribution is 2.23. The average molecular weight is 397 g/mol. The Balaban J connectivity index is 0.00000288. The number of hydrogen-bond donors (Lipinski definition) is 2. The Kier molecular flexibility index (Phi) is 12.5. The largest absolute Gasteiger partial charge is 0.355 e. The number of likely N-dealkylation sites (tertiary alicyclic amines) is 2. The summed E-state index contributed by atoms with van der Waals surface area (Å²) in [5, 5.41) is 6.21. The van der Waals surface area contributed by atoms with Crippen LogP contribution in [0.2, 0.25) is 0 Å². The second-order valence-corrected chi connectivity index (χ2v) is 6.67. The average Bonchev–Trinajstić information content (AvgIpc) is 3.14. The molecule has 25 heavy (non-hydrogen) atoms. The number of halogens is 2. The van der Waals surface area contributed by atoms with Gasteiger partial charge in [0.2, 0.25) is 11.8 Å². The van der Waals surface area contributed by atoms with Gasteiger partial charge in [0, 0.05) is 38.6 Å². The molecule has 2 aliphatic heterocycles. The zero-order valence-electron chi connectivity index (χ0n) is 15.5. The minimum Gasteiger partial charge on any atom is -0.355 e. The summed E-state index contributed by atoms with van der Waals surface area (Å²) in [6, 6.07) is 0.476. The van der Waals surface area contributed by atoms with Crippen molar-refractivity contribution in [1.82, 2.24) is 20.4 Å². The van der Waals surface area contributed by atoms with E-state index in [1.807, 2.05) is 4.90 Å². The Labute approximate surface area is 164 Å². The molecule has 2 heterocycles. The van der Waals surface area contributed by atoms with Crippen LogP contribution < -0.4 is 10.6 Å². The molecular formula is C17H34Cl2N4O2.